The molecule has 1 atom stereocenters. The number of sulfonamides is 1. The Morgan fingerprint density at radius 2 is 1.79 bits per heavy atom. The third kappa shape index (κ3) is 5.11. The number of aryl methyl sites for hydroxylation is 1. The number of hydrogen-bond donors (Lipinski definition) is 1. The van der Waals surface area contributed by atoms with Crippen molar-refractivity contribution in [3.8, 4) is 5.75 Å². The van der Waals surface area contributed by atoms with Gasteiger partial charge in [0.25, 0.3) is 0 Å². The summed E-state index contributed by atoms with van der Waals surface area (Å²) in [6.07, 6.45) is 0. The number of nitrogens with zero attached hydrogens (tertiary/aromatic N) is 1. The predicted octanol–water partition coefficient (Wildman–Crippen LogP) is 2.75. The first-order chi connectivity index (χ1) is 13.5. The number of hydrogen-bond acceptors (Lipinski definition) is 5. The van der Waals surface area contributed by atoms with Crippen LogP contribution in [0.1, 0.15) is 24.1 Å². The van der Waals surface area contributed by atoms with Gasteiger partial charge in [0.1, 0.15) is 12.4 Å². The van der Waals surface area contributed by atoms with E-state index >= 15 is 0 Å². The second-order valence-electron chi connectivity index (χ2n) is 6.87. The van der Waals surface area contributed by atoms with Crippen molar-refractivity contribution in [3.63, 3.8) is 0 Å². The van der Waals surface area contributed by atoms with Crippen LogP contribution >= 0.6 is 0 Å². The molecule has 0 aromatic heterocycles. The van der Waals surface area contributed by atoms with E-state index in [0.29, 0.717) is 45.2 Å². The second kappa shape index (κ2) is 9.52. The van der Waals surface area contributed by atoms with Gasteiger partial charge in [-0.15, -0.1) is 0 Å². The minimum Gasteiger partial charge on any atom is -0.492 e. The lowest BCUT2D eigenvalue weighted by Gasteiger charge is -2.26. The Bertz CT molecular complexity index is 862. The van der Waals surface area contributed by atoms with Gasteiger partial charge in [-0.1, -0.05) is 24.3 Å². The Morgan fingerprint density at radius 1 is 1.11 bits per heavy atom. The number of benzene rings is 2. The third-order valence-electron chi connectivity index (χ3n) is 4.91. The van der Waals surface area contributed by atoms with E-state index in [0.717, 1.165) is 0 Å². The van der Waals surface area contributed by atoms with Gasteiger partial charge in [-0.05, 0) is 49.2 Å². The minimum atomic E-state index is -3.46. The molecule has 28 heavy (non-hydrogen) atoms. The summed E-state index contributed by atoms with van der Waals surface area (Å²) in [6.45, 7) is 7.11. The first kappa shape index (κ1) is 20.8. The van der Waals surface area contributed by atoms with Crippen molar-refractivity contribution in [2.24, 2.45) is 0 Å². The highest BCUT2D eigenvalue weighted by molar-refractivity contribution is 7.89. The summed E-state index contributed by atoms with van der Waals surface area (Å²) in [5.41, 5.74) is 2.54. The first-order valence-electron chi connectivity index (χ1n) is 9.58. The molecule has 1 fully saturated rings. The molecule has 3 rings (SSSR count). The Hall–Kier alpha value is -1.93. The lowest BCUT2D eigenvalue weighted by molar-refractivity contribution is 0.0730. The number of rotatable bonds is 8. The summed E-state index contributed by atoms with van der Waals surface area (Å²) in [7, 11) is -3.46. The van der Waals surface area contributed by atoms with Crippen molar-refractivity contribution in [3.05, 3.63) is 59.7 Å². The molecule has 6 nitrogen and oxygen atoms in total. The van der Waals surface area contributed by atoms with Crippen LogP contribution in [0.4, 0.5) is 0 Å². The zero-order chi connectivity index (χ0) is 20.0. The van der Waals surface area contributed by atoms with Crippen molar-refractivity contribution in [1.82, 2.24) is 9.62 Å². The Kier molecular flexibility index (Phi) is 7.07. The molecule has 0 aliphatic carbocycles. The van der Waals surface area contributed by atoms with Gasteiger partial charge in [0.05, 0.1) is 18.1 Å². The molecule has 2 aromatic rings. The number of morpholine rings is 1. The fourth-order valence-electron chi connectivity index (χ4n) is 3.27. The zero-order valence-corrected chi connectivity index (χ0v) is 17.2. The molecule has 1 unspecified atom stereocenters. The molecule has 1 saturated heterocycles. The third-order valence-corrected chi connectivity index (χ3v) is 6.82. The van der Waals surface area contributed by atoms with Gasteiger partial charge >= 0.3 is 0 Å². The summed E-state index contributed by atoms with van der Waals surface area (Å²) in [6, 6.07) is 15.2. The quantitative estimate of drug-likeness (QED) is 0.685. The molecular weight excluding hydrogens is 376 g/mol. The van der Waals surface area contributed by atoms with E-state index in [1.54, 1.807) is 24.3 Å². The summed E-state index contributed by atoms with van der Waals surface area (Å²) >= 11 is 0. The van der Waals surface area contributed by atoms with Crippen molar-refractivity contribution in [2.45, 2.75) is 24.8 Å². The van der Waals surface area contributed by atoms with Crippen LogP contribution in [0, 0.1) is 6.92 Å². The van der Waals surface area contributed by atoms with Crippen LogP contribution < -0.4 is 10.1 Å². The van der Waals surface area contributed by atoms with E-state index < -0.39 is 10.0 Å². The SMILES string of the molecule is Cc1ccccc1C(C)NCCOc1ccc(S(=O)(=O)N2CCOCC2)cc1. The summed E-state index contributed by atoms with van der Waals surface area (Å²) in [5, 5.41) is 3.45. The van der Waals surface area contributed by atoms with E-state index in [9.17, 15) is 8.42 Å². The fourth-order valence-corrected chi connectivity index (χ4v) is 4.68. The molecule has 0 saturated carbocycles. The van der Waals surface area contributed by atoms with Gasteiger partial charge in [-0.3, -0.25) is 0 Å². The molecule has 2 aromatic carbocycles. The minimum absolute atomic E-state index is 0.242. The molecular formula is C21H28N2O4S. The topological polar surface area (TPSA) is 67.9 Å². The van der Waals surface area contributed by atoms with Gasteiger partial charge in [-0.25, -0.2) is 8.42 Å². The predicted molar refractivity (Wildman–Crippen MR) is 109 cm³/mol. The molecule has 1 N–H and O–H groups in total. The maximum atomic E-state index is 12.6. The molecule has 1 aliphatic rings. The standard InChI is InChI=1S/C21H28N2O4S/c1-17-5-3-4-6-21(17)18(2)22-11-14-27-19-7-9-20(10-8-19)28(24,25)23-12-15-26-16-13-23/h3-10,18,22H,11-16H2,1-2H3. The van der Waals surface area contributed by atoms with E-state index in [-0.39, 0.29) is 10.9 Å². The smallest absolute Gasteiger partial charge is 0.243 e. The van der Waals surface area contributed by atoms with Gasteiger partial charge in [0, 0.05) is 25.7 Å². The van der Waals surface area contributed by atoms with E-state index in [2.05, 4.69) is 31.3 Å². The lowest BCUT2D eigenvalue weighted by atomic mass is 10.0. The molecule has 0 spiro atoms. The summed E-state index contributed by atoms with van der Waals surface area (Å²) in [5.74, 6) is 0.659. The van der Waals surface area contributed by atoms with Crippen LogP contribution in [0.2, 0.25) is 0 Å². The summed E-state index contributed by atoms with van der Waals surface area (Å²) < 4.78 is 37.7. The van der Waals surface area contributed by atoms with Crippen LogP contribution in [0.25, 0.3) is 0 Å². The highest BCUT2D eigenvalue weighted by Crippen LogP contribution is 2.20. The van der Waals surface area contributed by atoms with Crippen LogP contribution in [-0.2, 0) is 14.8 Å². The van der Waals surface area contributed by atoms with Crippen molar-refractivity contribution in [1.29, 1.82) is 0 Å². The lowest BCUT2D eigenvalue weighted by Crippen LogP contribution is -2.40. The zero-order valence-electron chi connectivity index (χ0n) is 16.4. The van der Waals surface area contributed by atoms with E-state index in [4.69, 9.17) is 9.47 Å². The monoisotopic (exact) mass is 404 g/mol. The van der Waals surface area contributed by atoms with Crippen LogP contribution in [0.15, 0.2) is 53.4 Å². The van der Waals surface area contributed by atoms with Crippen LogP contribution in [0.3, 0.4) is 0 Å². The highest BCUT2D eigenvalue weighted by atomic mass is 32.2. The fraction of sp³-hybridized carbons (Fsp3) is 0.429. The average molecular weight is 405 g/mol. The molecule has 1 aliphatic heterocycles. The Labute approximate surface area is 167 Å². The maximum Gasteiger partial charge on any atom is 0.243 e. The number of ether oxygens (including phenoxy) is 2. The van der Waals surface area contributed by atoms with E-state index in [1.807, 2.05) is 12.1 Å². The van der Waals surface area contributed by atoms with Gasteiger partial charge in [0.2, 0.25) is 10.0 Å². The molecule has 152 valence electrons. The summed E-state index contributed by atoms with van der Waals surface area (Å²) in [4.78, 5) is 0.285. The molecule has 7 heteroatoms. The van der Waals surface area contributed by atoms with Crippen LogP contribution in [-0.4, -0.2) is 52.2 Å². The van der Waals surface area contributed by atoms with E-state index in [1.165, 1.54) is 15.4 Å². The van der Waals surface area contributed by atoms with Gasteiger partial charge in [-0.2, -0.15) is 4.31 Å². The largest absolute Gasteiger partial charge is 0.492 e. The maximum absolute atomic E-state index is 12.6. The first-order valence-corrected chi connectivity index (χ1v) is 11.0. The van der Waals surface area contributed by atoms with Gasteiger partial charge in [0.15, 0.2) is 0 Å². The van der Waals surface area contributed by atoms with Crippen LogP contribution in [0.5, 0.6) is 5.75 Å². The average Bonchev–Trinajstić information content (AvgIpc) is 2.72. The molecule has 0 radical (unpaired) electrons. The molecule has 0 bridgehead atoms. The van der Waals surface area contributed by atoms with Gasteiger partial charge < -0.3 is 14.8 Å². The molecule has 0 amide bonds. The second-order valence-corrected chi connectivity index (χ2v) is 8.81. The molecule has 1 heterocycles. The Morgan fingerprint density at radius 3 is 2.46 bits per heavy atom. The normalized spacial score (nSPS) is 16.6. The Balaban J connectivity index is 1.49. The van der Waals surface area contributed by atoms with Crippen molar-refractivity contribution < 1.29 is 17.9 Å². The number of nitrogens with one attached hydrogen (secondary N) is 1. The van der Waals surface area contributed by atoms with Crippen molar-refractivity contribution in [2.75, 3.05) is 39.5 Å². The highest BCUT2D eigenvalue weighted by Gasteiger charge is 2.26. The van der Waals surface area contributed by atoms with Crippen molar-refractivity contribution >= 4 is 10.0 Å².